The van der Waals surface area contributed by atoms with Crippen molar-refractivity contribution in [1.29, 1.82) is 0 Å². The Kier molecular flexibility index (Phi) is 3.74. The third-order valence-electron chi connectivity index (χ3n) is 3.69. The van der Waals surface area contributed by atoms with Crippen molar-refractivity contribution in [1.82, 2.24) is 4.90 Å². The van der Waals surface area contributed by atoms with Crippen LogP contribution in [0.15, 0.2) is 18.2 Å². The summed E-state index contributed by atoms with van der Waals surface area (Å²) in [6.45, 7) is 4.38. The Bertz CT molecular complexity index is 555. The van der Waals surface area contributed by atoms with Crippen molar-refractivity contribution in [2.45, 2.75) is 0 Å². The van der Waals surface area contributed by atoms with Crippen LogP contribution in [0.25, 0.3) is 0 Å². The van der Waals surface area contributed by atoms with Crippen molar-refractivity contribution in [3.63, 3.8) is 0 Å². The first-order valence-electron chi connectivity index (χ1n) is 6.63. The second-order valence-electron chi connectivity index (χ2n) is 4.87. The quantitative estimate of drug-likeness (QED) is 0.786. The number of rotatable bonds is 3. The summed E-state index contributed by atoms with van der Waals surface area (Å²) in [5, 5.41) is 0.342. The topological polar surface area (TPSA) is 49.9 Å². The summed E-state index contributed by atoms with van der Waals surface area (Å²) in [6, 6.07) is 5.16. The van der Waals surface area contributed by atoms with E-state index in [4.69, 9.17) is 16.3 Å². The van der Waals surface area contributed by atoms with Gasteiger partial charge in [-0.25, -0.2) is 0 Å². The number of morpholine rings is 1. The van der Waals surface area contributed by atoms with Crippen molar-refractivity contribution in [2.24, 2.45) is 0 Å². The van der Waals surface area contributed by atoms with Crippen LogP contribution >= 0.6 is 11.6 Å². The molecule has 0 bridgehead atoms. The number of hydrogen-bond acceptors (Lipinski definition) is 4. The zero-order chi connectivity index (χ0) is 14.1. The van der Waals surface area contributed by atoms with E-state index in [0.717, 1.165) is 32.8 Å². The number of benzene rings is 1. The average molecular weight is 295 g/mol. The molecule has 5 nitrogen and oxygen atoms in total. The molecule has 6 heteroatoms. The molecular weight excluding hydrogens is 280 g/mol. The predicted octanol–water partition coefficient (Wildman–Crippen LogP) is 1.20. The van der Waals surface area contributed by atoms with E-state index in [9.17, 15) is 9.59 Å². The van der Waals surface area contributed by atoms with Crippen LogP contribution in [0.1, 0.15) is 10.4 Å². The fourth-order valence-corrected chi connectivity index (χ4v) is 2.84. The molecule has 1 aromatic rings. The van der Waals surface area contributed by atoms with Gasteiger partial charge >= 0.3 is 0 Å². The number of nitrogens with zero attached hydrogens (tertiary/aromatic N) is 2. The summed E-state index contributed by atoms with van der Waals surface area (Å²) in [4.78, 5) is 27.8. The second kappa shape index (κ2) is 5.52. The van der Waals surface area contributed by atoms with Crippen molar-refractivity contribution in [2.75, 3.05) is 44.3 Å². The van der Waals surface area contributed by atoms with Crippen LogP contribution in [0.5, 0.6) is 0 Å². The van der Waals surface area contributed by atoms with Gasteiger partial charge in [0.25, 0.3) is 11.7 Å². The largest absolute Gasteiger partial charge is 0.379 e. The molecule has 0 atom stereocenters. The number of fused-ring (bicyclic) bond motifs is 1. The number of halogens is 1. The van der Waals surface area contributed by atoms with Gasteiger partial charge in [-0.2, -0.15) is 0 Å². The Balaban J connectivity index is 1.76. The molecule has 20 heavy (non-hydrogen) atoms. The Hall–Kier alpha value is -1.43. The normalized spacial score (nSPS) is 19.6. The molecule has 106 valence electrons. The Morgan fingerprint density at radius 1 is 1.15 bits per heavy atom. The van der Waals surface area contributed by atoms with Crippen LogP contribution in [0.3, 0.4) is 0 Å². The molecule has 0 radical (unpaired) electrons. The van der Waals surface area contributed by atoms with Crippen molar-refractivity contribution in [3.05, 3.63) is 28.8 Å². The highest BCUT2D eigenvalue weighted by atomic mass is 35.5. The molecule has 2 heterocycles. The zero-order valence-corrected chi connectivity index (χ0v) is 11.7. The lowest BCUT2D eigenvalue weighted by atomic mass is 10.1. The van der Waals surface area contributed by atoms with Crippen LogP contribution in [0, 0.1) is 0 Å². The van der Waals surface area contributed by atoms with E-state index in [2.05, 4.69) is 4.90 Å². The van der Waals surface area contributed by atoms with Crippen molar-refractivity contribution in [3.8, 4) is 0 Å². The molecule has 0 spiro atoms. The summed E-state index contributed by atoms with van der Waals surface area (Å²) >= 11 is 6.02. The fraction of sp³-hybridized carbons (Fsp3) is 0.429. The Labute approximate surface area is 122 Å². The number of Topliss-reactive ketones (excluding diaryl/α,β-unsaturated/α-hetero) is 1. The fourth-order valence-electron chi connectivity index (χ4n) is 2.59. The number of amides is 1. The van der Waals surface area contributed by atoms with Crippen LogP contribution < -0.4 is 4.90 Å². The third-order valence-corrected chi connectivity index (χ3v) is 4.01. The summed E-state index contributed by atoms with van der Waals surface area (Å²) in [6.07, 6.45) is 0. The number of carbonyl (C=O) groups excluding carboxylic acids is 2. The monoisotopic (exact) mass is 294 g/mol. The van der Waals surface area contributed by atoms with Crippen LogP contribution in [-0.4, -0.2) is 56.0 Å². The van der Waals surface area contributed by atoms with Gasteiger partial charge in [-0.1, -0.05) is 17.7 Å². The van der Waals surface area contributed by atoms with Gasteiger partial charge in [-0.15, -0.1) is 0 Å². The minimum atomic E-state index is -0.507. The van der Waals surface area contributed by atoms with Gasteiger partial charge < -0.3 is 9.64 Å². The molecule has 0 saturated carbocycles. The highest BCUT2D eigenvalue weighted by molar-refractivity contribution is 6.55. The van der Waals surface area contributed by atoms with E-state index >= 15 is 0 Å². The van der Waals surface area contributed by atoms with Gasteiger partial charge in [0.1, 0.15) is 0 Å². The van der Waals surface area contributed by atoms with E-state index in [-0.39, 0.29) is 0 Å². The number of ketones is 1. The summed E-state index contributed by atoms with van der Waals surface area (Å²) in [5.41, 5.74) is 0.960. The molecule has 0 N–H and O–H groups in total. The maximum absolute atomic E-state index is 12.1. The first-order valence-corrected chi connectivity index (χ1v) is 7.01. The van der Waals surface area contributed by atoms with E-state index in [1.54, 1.807) is 18.2 Å². The minimum absolute atomic E-state index is 0.334. The molecule has 1 saturated heterocycles. The van der Waals surface area contributed by atoms with Gasteiger partial charge in [0.05, 0.1) is 29.5 Å². The minimum Gasteiger partial charge on any atom is -0.379 e. The van der Waals surface area contributed by atoms with E-state index in [0.29, 0.717) is 22.8 Å². The molecule has 2 aliphatic rings. The van der Waals surface area contributed by atoms with Gasteiger partial charge in [0.2, 0.25) is 0 Å². The molecular formula is C14H15ClN2O3. The number of carbonyl (C=O) groups is 2. The molecule has 1 amide bonds. The van der Waals surface area contributed by atoms with Crippen LogP contribution in [0.4, 0.5) is 5.69 Å². The molecule has 0 unspecified atom stereocenters. The summed E-state index contributed by atoms with van der Waals surface area (Å²) in [5.74, 6) is -0.992. The number of ether oxygens (including phenoxy) is 1. The first-order chi connectivity index (χ1) is 9.68. The van der Waals surface area contributed by atoms with E-state index in [1.165, 1.54) is 4.90 Å². The molecule has 2 aliphatic heterocycles. The predicted molar refractivity (Wildman–Crippen MR) is 75.4 cm³/mol. The highest BCUT2D eigenvalue weighted by Crippen LogP contribution is 2.33. The van der Waals surface area contributed by atoms with Crippen molar-refractivity contribution >= 4 is 29.0 Å². The van der Waals surface area contributed by atoms with Gasteiger partial charge in [-0.3, -0.25) is 14.5 Å². The van der Waals surface area contributed by atoms with E-state index in [1.807, 2.05) is 0 Å². The standard InChI is InChI=1S/C14H15ClN2O3/c15-10-2-1-3-11-12(10)13(18)14(19)17(11)5-4-16-6-8-20-9-7-16/h1-3H,4-9H2. The molecule has 0 aromatic heterocycles. The number of hydrogen-bond donors (Lipinski definition) is 0. The molecule has 1 fully saturated rings. The SMILES string of the molecule is O=C1C(=O)N(CCN2CCOCC2)c2cccc(Cl)c21. The maximum atomic E-state index is 12.1. The lowest BCUT2D eigenvalue weighted by Gasteiger charge is -2.28. The average Bonchev–Trinajstić information content (AvgIpc) is 2.71. The summed E-state index contributed by atoms with van der Waals surface area (Å²) < 4.78 is 5.29. The Morgan fingerprint density at radius 3 is 2.65 bits per heavy atom. The maximum Gasteiger partial charge on any atom is 0.299 e. The smallest absolute Gasteiger partial charge is 0.299 e. The van der Waals surface area contributed by atoms with Gasteiger partial charge in [-0.05, 0) is 12.1 Å². The van der Waals surface area contributed by atoms with Crippen molar-refractivity contribution < 1.29 is 14.3 Å². The number of anilines is 1. The molecule has 3 rings (SSSR count). The highest BCUT2D eigenvalue weighted by Gasteiger charge is 2.37. The van der Waals surface area contributed by atoms with Crippen LogP contribution in [0.2, 0.25) is 5.02 Å². The van der Waals surface area contributed by atoms with Gasteiger partial charge in [0, 0.05) is 26.2 Å². The van der Waals surface area contributed by atoms with Crippen LogP contribution in [-0.2, 0) is 9.53 Å². The molecule has 0 aliphatic carbocycles. The van der Waals surface area contributed by atoms with Gasteiger partial charge in [0.15, 0.2) is 0 Å². The second-order valence-corrected chi connectivity index (χ2v) is 5.28. The van der Waals surface area contributed by atoms with E-state index < -0.39 is 11.7 Å². The lowest BCUT2D eigenvalue weighted by molar-refractivity contribution is -0.114. The molecule has 1 aromatic carbocycles. The Morgan fingerprint density at radius 2 is 1.90 bits per heavy atom. The third kappa shape index (κ3) is 2.32. The zero-order valence-electron chi connectivity index (χ0n) is 11.0. The lowest BCUT2D eigenvalue weighted by Crippen LogP contribution is -2.42. The first kappa shape index (κ1) is 13.5. The summed E-state index contributed by atoms with van der Waals surface area (Å²) in [7, 11) is 0.